The van der Waals surface area contributed by atoms with Gasteiger partial charge in [0.15, 0.2) is 5.76 Å². The van der Waals surface area contributed by atoms with Gasteiger partial charge in [0, 0.05) is 12.2 Å². The number of aromatic nitrogens is 2. The maximum absolute atomic E-state index is 12.7. The molecule has 4 N–H and O–H groups in total. The van der Waals surface area contributed by atoms with Gasteiger partial charge in [-0.3, -0.25) is 8.98 Å². The zero-order valence-electron chi connectivity index (χ0n) is 14.4. The van der Waals surface area contributed by atoms with Crippen molar-refractivity contribution >= 4 is 21.9 Å². The molecule has 0 radical (unpaired) electrons. The highest BCUT2D eigenvalue weighted by molar-refractivity contribution is 7.84. The Morgan fingerprint density at radius 2 is 2.22 bits per heavy atom. The van der Waals surface area contributed by atoms with Crippen LogP contribution < -0.4 is 10.5 Å². The van der Waals surface area contributed by atoms with Gasteiger partial charge < -0.3 is 14.8 Å². The van der Waals surface area contributed by atoms with E-state index in [-0.39, 0.29) is 42.3 Å². The fourth-order valence-corrected chi connectivity index (χ4v) is 3.45. The number of nitrogens with zero attached hydrogens (tertiary/aromatic N) is 2. The molecule has 1 aliphatic rings. The standard InChI is InChI=1S/C16H20N4O6S/c17-27(23,24)25-8-10-1-2-11(5-10)20-16-13(6-18-9-19-16)15(22)14-4-3-12(7-21)26-14/h3-4,6,9-11,21H,1-2,5,7-8H2,(H2,17,23,24)(H,18,19,20)/t10?,11-/m0/s1. The molecule has 0 aromatic carbocycles. The lowest BCUT2D eigenvalue weighted by Crippen LogP contribution is -2.22. The van der Waals surface area contributed by atoms with Gasteiger partial charge in [0.05, 0.1) is 12.2 Å². The van der Waals surface area contributed by atoms with Gasteiger partial charge in [-0.15, -0.1) is 0 Å². The summed E-state index contributed by atoms with van der Waals surface area (Å²) in [5.74, 6) is 0.389. The first-order valence-corrected chi connectivity index (χ1v) is 9.81. The predicted octanol–water partition coefficient (Wildman–Crippen LogP) is 0.594. The van der Waals surface area contributed by atoms with Crippen LogP contribution in [0.25, 0.3) is 0 Å². The predicted molar refractivity (Wildman–Crippen MR) is 93.9 cm³/mol. The Hall–Kier alpha value is -2.34. The molecule has 1 unspecified atom stereocenters. The summed E-state index contributed by atoms with van der Waals surface area (Å²) in [6, 6.07) is 3.02. The van der Waals surface area contributed by atoms with Crippen LogP contribution in [0.4, 0.5) is 5.82 Å². The lowest BCUT2D eigenvalue weighted by atomic mass is 10.1. The third-order valence-corrected chi connectivity index (χ3v) is 4.81. The quantitative estimate of drug-likeness (QED) is 0.543. The van der Waals surface area contributed by atoms with Crippen molar-refractivity contribution in [3.8, 4) is 0 Å². The molecule has 2 atom stereocenters. The minimum absolute atomic E-state index is 0.00475. The summed E-state index contributed by atoms with van der Waals surface area (Å²) in [5.41, 5.74) is 0.251. The van der Waals surface area contributed by atoms with Crippen LogP contribution in [0.15, 0.2) is 29.1 Å². The molecule has 0 saturated heterocycles. The number of nitrogens with one attached hydrogen (secondary N) is 1. The number of carbonyl (C=O) groups is 1. The molecule has 10 nitrogen and oxygen atoms in total. The maximum atomic E-state index is 12.7. The van der Waals surface area contributed by atoms with Crippen LogP contribution in [-0.2, 0) is 21.1 Å². The molecule has 1 aliphatic carbocycles. The Labute approximate surface area is 156 Å². The summed E-state index contributed by atoms with van der Waals surface area (Å²) in [7, 11) is -3.95. The van der Waals surface area contributed by atoms with Gasteiger partial charge in [0.2, 0.25) is 5.78 Å². The highest BCUT2D eigenvalue weighted by atomic mass is 32.2. The maximum Gasteiger partial charge on any atom is 0.333 e. The molecule has 27 heavy (non-hydrogen) atoms. The first kappa shape index (κ1) is 19.4. The zero-order chi connectivity index (χ0) is 19.4. The van der Waals surface area contributed by atoms with Crippen molar-refractivity contribution < 1.29 is 26.9 Å². The summed E-state index contributed by atoms with van der Waals surface area (Å²) >= 11 is 0. The molecule has 2 aromatic heterocycles. The number of rotatable bonds is 8. The first-order valence-electron chi connectivity index (χ1n) is 8.33. The number of aliphatic hydroxyl groups excluding tert-OH is 1. The first-order chi connectivity index (χ1) is 12.9. The Balaban J connectivity index is 1.67. The van der Waals surface area contributed by atoms with Crippen molar-refractivity contribution in [3.05, 3.63) is 41.7 Å². The zero-order valence-corrected chi connectivity index (χ0v) is 15.2. The highest BCUT2D eigenvalue weighted by Crippen LogP contribution is 2.29. The molecule has 0 amide bonds. The minimum atomic E-state index is -3.95. The van der Waals surface area contributed by atoms with Crippen molar-refractivity contribution in [1.82, 2.24) is 9.97 Å². The lowest BCUT2D eigenvalue weighted by Gasteiger charge is -2.15. The number of furan rings is 1. The van der Waals surface area contributed by atoms with E-state index in [1.165, 1.54) is 24.7 Å². The third-order valence-electron chi connectivity index (χ3n) is 4.35. The van der Waals surface area contributed by atoms with Crippen LogP contribution in [0, 0.1) is 5.92 Å². The number of hydrogen-bond acceptors (Lipinski definition) is 9. The average Bonchev–Trinajstić information content (AvgIpc) is 3.28. The number of ketones is 1. The molecule has 1 fully saturated rings. The van der Waals surface area contributed by atoms with Gasteiger partial charge in [-0.2, -0.15) is 8.42 Å². The number of nitrogens with two attached hydrogens (primary N) is 1. The highest BCUT2D eigenvalue weighted by Gasteiger charge is 2.28. The summed E-state index contributed by atoms with van der Waals surface area (Å²) in [6.45, 7) is -0.267. The van der Waals surface area contributed by atoms with E-state index < -0.39 is 16.1 Å². The van der Waals surface area contributed by atoms with E-state index in [2.05, 4.69) is 19.5 Å². The lowest BCUT2D eigenvalue weighted by molar-refractivity contribution is 0.100. The molecular formula is C16H20N4O6S. The minimum Gasteiger partial charge on any atom is -0.455 e. The SMILES string of the molecule is NS(=O)(=O)OCC1CC[C@H](Nc2ncncc2C(=O)c2ccc(CO)o2)C1. The molecular weight excluding hydrogens is 376 g/mol. The number of carbonyl (C=O) groups excluding carboxylic acids is 1. The fraction of sp³-hybridized carbons (Fsp3) is 0.438. The molecule has 1 saturated carbocycles. The van der Waals surface area contributed by atoms with Crippen LogP contribution in [0.2, 0.25) is 0 Å². The molecule has 0 aliphatic heterocycles. The Bertz CT molecular complexity index is 913. The Morgan fingerprint density at radius 1 is 1.41 bits per heavy atom. The van der Waals surface area contributed by atoms with Gasteiger partial charge >= 0.3 is 10.3 Å². The topological polar surface area (TPSA) is 158 Å². The number of aliphatic hydroxyl groups is 1. The number of anilines is 1. The van der Waals surface area contributed by atoms with Crippen LogP contribution in [0.1, 0.15) is 41.1 Å². The smallest absolute Gasteiger partial charge is 0.333 e. The monoisotopic (exact) mass is 396 g/mol. The van der Waals surface area contributed by atoms with E-state index in [0.717, 1.165) is 12.8 Å². The van der Waals surface area contributed by atoms with E-state index in [1.54, 1.807) is 0 Å². The molecule has 146 valence electrons. The van der Waals surface area contributed by atoms with Crippen LogP contribution in [-0.4, -0.2) is 41.9 Å². The molecule has 0 spiro atoms. The second-order valence-corrected chi connectivity index (χ2v) is 7.56. The van der Waals surface area contributed by atoms with Crippen molar-refractivity contribution in [2.24, 2.45) is 11.1 Å². The van der Waals surface area contributed by atoms with Crippen LogP contribution in [0.5, 0.6) is 0 Å². The van der Waals surface area contributed by atoms with Crippen molar-refractivity contribution in [2.45, 2.75) is 31.9 Å². The van der Waals surface area contributed by atoms with E-state index in [1.807, 2.05) is 0 Å². The molecule has 3 rings (SSSR count). The average molecular weight is 396 g/mol. The van der Waals surface area contributed by atoms with Gasteiger partial charge in [0.25, 0.3) is 0 Å². The van der Waals surface area contributed by atoms with Crippen LogP contribution >= 0.6 is 0 Å². The number of hydrogen-bond donors (Lipinski definition) is 3. The molecule has 11 heteroatoms. The molecule has 2 heterocycles. The van der Waals surface area contributed by atoms with E-state index >= 15 is 0 Å². The van der Waals surface area contributed by atoms with Gasteiger partial charge in [-0.25, -0.2) is 15.1 Å². The Kier molecular flexibility index (Phi) is 5.85. The fourth-order valence-electron chi connectivity index (χ4n) is 3.07. The largest absolute Gasteiger partial charge is 0.455 e. The Morgan fingerprint density at radius 3 is 2.93 bits per heavy atom. The van der Waals surface area contributed by atoms with Gasteiger partial charge in [-0.05, 0) is 37.3 Å². The summed E-state index contributed by atoms with van der Waals surface area (Å²) in [5, 5.41) is 17.1. The van der Waals surface area contributed by atoms with Crippen LogP contribution in [0.3, 0.4) is 0 Å². The molecule has 2 aromatic rings. The third kappa shape index (κ3) is 5.10. The van der Waals surface area contributed by atoms with E-state index in [9.17, 15) is 13.2 Å². The van der Waals surface area contributed by atoms with Crippen molar-refractivity contribution in [3.63, 3.8) is 0 Å². The summed E-state index contributed by atoms with van der Waals surface area (Å²) in [6.07, 6.45) is 4.92. The summed E-state index contributed by atoms with van der Waals surface area (Å²) < 4.78 is 31.7. The normalized spacial score (nSPS) is 19.9. The summed E-state index contributed by atoms with van der Waals surface area (Å²) in [4.78, 5) is 20.7. The van der Waals surface area contributed by atoms with Gasteiger partial charge in [-0.1, -0.05) is 0 Å². The van der Waals surface area contributed by atoms with E-state index in [4.69, 9.17) is 14.7 Å². The second kappa shape index (κ2) is 8.13. The van der Waals surface area contributed by atoms with Crippen molar-refractivity contribution in [2.75, 3.05) is 11.9 Å². The van der Waals surface area contributed by atoms with Gasteiger partial charge in [0.1, 0.15) is 24.5 Å². The second-order valence-electron chi connectivity index (χ2n) is 6.34. The van der Waals surface area contributed by atoms with Crippen molar-refractivity contribution in [1.29, 1.82) is 0 Å². The van der Waals surface area contributed by atoms with E-state index in [0.29, 0.717) is 12.2 Å². The molecule has 0 bridgehead atoms.